The Kier molecular flexibility index (Phi) is 8.67. The number of para-hydroxylation sites is 1. The van der Waals surface area contributed by atoms with Crippen LogP contribution in [-0.2, 0) is 22.7 Å². The third-order valence-corrected chi connectivity index (χ3v) is 8.88. The van der Waals surface area contributed by atoms with E-state index in [-0.39, 0.29) is 32.4 Å². The molecule has 0 unspecified atom stereocenters. The molecule has 0 atom stereocenters. The summed E-state index contributed by atoms with van der Waals surface area (Å²) in [5.41, 5.74) is -0.448. The minimum atomic E-state index is -4.61. The Hall–Kier alpha value is -3.35. The van der Waals surface area contributed by atoms with E-state index in [1.54, 1.807) is 24.4 Å². The molecule has 12 heteroatoms. The van der Waals surface area contributed by atoms with Crippen LogP contribution in [0.3, 0.4) is 0 Å². The first-order valence-electron chi connectivity index (χ1n) is 12.3. The summed E-state index contributed by atoms with van der Waals surface area (Å²) < 4.78 is 68.8. The number of sulfonamides is 1. The number of anilines is 1. The third kappa shape index (κ3) is 6.29. The second-order valence-corrected chi connectivity index (χ2v) is 11.7. The van der Waals surface area contributed by atoms with E-state index in [9.17, 15) is 26.4 Å². The zero-order valence-corrected chi connectivity index (χ0v) is 23.0. The van der Waals surface area contributed by atoms with Crippen LogP contribution in [-0.4, -0.2) is 41.7 Å². The number of alkyl halides is 3. The topological polar surface area (TPSA) is 83.5 Å². The molecule has 0 saturated heterocycles. The van der Waals surface area contributed by atoms with Gasteiger partial charge in [0.25, 0.3) is 5.91 Å². The van der Waals surface area contributed by atoms with Gasteiger partial charge in [0.2, 0.25) is 10.0 Å². The normalized spacial score (nSPS) is 12.3. The van der Waals surface area contributed by atoms with Crippen molar-refractivity contribution in [3.8, 4) is 0 Å². The number of rotatable bonds is 10. The maximum Gasteiger partial charge on any atom is 0.418 e. The molecule has 0 aliphatic carbocycles. The molecule has 2 aromatic heterocycles. The maximum absolute atomic E-state index is 13.7. The molecule has 0 fully saturated rings. The summed E-state index contributed by atoms with van der Waals surface area (Å²) >= 11 is 0.964. The molecule has 0 N–H and O–H groups in total. The van der Waals surface area contributed by atoms with E-state index in [2.05, 4.69) is 9.97 Å². The molecule has 39 heavy (non-hydrogen) atoms. The summed E-state index contributed by atoms with van der Waals surface area (Å²) in [5, 5.41) is 0.0751. The maximum atomic E-state index is 13.7. The predicted octanol–water partition coefficient (Wildman–Crippen LogP) is 6.37. The highest BCUT2D eigenvalue weighted by Crippen LogP contribution is 2.39. The Labute approximate surface area is 229 Å². The average Bonchev–Trinajstić information content (AvgIpc) is 3.35. The fraction of sp³-hybridized carbons (Fsp3) is 0.296. The first-order chi connectivity index (χ1) is 18.6. The molecule has 0 spiro atoms. The van der Waals surface area contributed by atoms with Crippen molar-refractivity contribution in [2.24, 2.45) is 0 Å². The summed E-state index contributed by atoms with van der Waals surface area (Å²) in [6.07, 6.45) is -1.73. The highest BCUT2D eigenvalue weighted by molar-refractivity contribution is 7.89. The molecule has 0 aliphatic heterocycles. The molecule has 0 bridgehead atoms. The Bertz CT molecular complexity index is 1530. The SMILES string of the molecule is CCCN(CCC)S(=O)(=O)c1ccc(C(=O)N(Cc2ccccn2)c2nc3c(C(F)(F)F)cccc3s2)cc1. The van der Waals surface area contributed by atoms with Crippen molar-refractivity contribution in [1.29, 1.82) is 0 Å². The van der Waals surface area contributed by atoms with Gasteiger partial charge < -0.3 is 0 Å². The van der Waals surface area contributed by atoms with E-state index < -0.39 is 27.7 Å². The van der Waals surface area contributed by atoms with Crippen molar-refractivity contribution in [3.05, 3.63) is 83.7 Å². The molecule has 2 aromatic carbocycles. The van der Waals surface area contributed by atoms with Crippen LogP contribution in [0.15, 0.2) is 71.8 Å². The number of carbonyl (C=O) groups is 1. The minimum absolute atomic E-state index is 0.0400. The van der Waals surface area contributed by atoms with Crippen molar-refractivity contribution in [3.63, 3.8) is 0 Å². The van der Waals surface area contributed by atoms with E-state index >= 15 is 0 Å². The molecule has 0 saturated carbocycles. The molecule has 4 aromatic rings. The number of benzene rings is 2. The van der Waals surface area contributed by atoms with E-state index in [0.717, 1.165) is 17.4 Å². The van der Waals surface area contributed by atoms with Crippen LogP contribution in [0.1, 0.15) is 48.3 Å². The fourth-order valence-corrected chi connectivity index (χ4v) is 6.70. The van der Waals surface area contributed by atoms with Crippen LogP contribution in [0.25, 0.3) is 10.2 Å². The zero-order valence-electron chi connectivity index (χ0n) is 21.4. The van der Waals surface area contributed by atoms with E-state index in [1.807, 2.05) is 13.8 Å². The molecule has 7 nitrogen and oxygen atoms in total. The highest BCUT2D eigenvalue weighted by Gasteiger charge is 2.34. The monoisotopic (exact) mass is 576 g/mol. The van der Waals surface area contributed by atoms with E-state index in [0.29, 0.717) is 31.6 Å². The number of fused-ring (bicyclic) bond motifs is 1. The van der Waals surface area contributed by atoms with Gasteiger partial charge in [-0.25, -0.2) is 13.4 Å². The highest BCUT2D eigenvalue weighted by atomic mass is 32.2. The second-order valence-electron chi connectivity index (χ2n) is 8.79. The van der Waals surface area contributed by atoms with Crippen LogP contribution < -0.4 is 4.90 Å². The van der Waals surface area contributed by atoms with Crippen LogP contribution in [0.4, 0.5) is 18.3 Å². The van der Waals surface area contributed by atoms with Gasteiger partial charge in [-0.1, -0.05) is 37.3 Å². The number of halogens is 3. The van der Waals surface area contributed by atoms with Crippen molar-refractivity contribution in [2.45, 2.75) is 44.3 Å². The van der Waals surface area contributed by atoms with Crippen molar-refractivity contribution < 1.29 is 26.4 Å². The van der Waals surface area contributed by atoms with Gasteiger partial charge >= 0.3 is 6.18 Å². The van der Waals surface area contributed by atoms with Gasteiger partial charge in [0, 0.05) is 24.8 Å². The Balaban J connectivity index is 1.72. The Morgan fingerprint density at radius 2 is 1.64 bits per heavy atom. The van der Waals surface area contributed by atoms with Gasteiger partial charge in [-0.3, -0.25) is 14.7 Å². The summed E-state index contributed by atoms with van der Waals surface area (Å²) in [6.45, 7) is 4.52. The van der Waals surface area contributed by atoms with Crippen molar-refractivity contribution in [2.75, 3.05) is 18.0 Å². The van der Waals surface area contributed by atoms with Crippen LogP contribution in [0.2, 0.25) is 0 Å². The van der Waals surface area contributed by atoms with Crippen molar-refractivity contribution in [1.82, 2.24) is 14.3 Å². The number of carbonyl (C=O) groups excluding carboxylic acids is 1. The molecular weight excluding hydrogens is 549 g/mol. The first kappa shape index (κ1) is 28.7. The number of amides is 1. The second kappa shape index (κ2) is 11.8. The molecule has 4 rings (SSSR count). The Morgan fingerprint density at radius 1 is 0.949 bits per heavy atom. The van der Waals surface area contributed by atoms with Gasteiger partial charge in [-0.2, -0.15) is 17.5 Å². The number of aromatic nitrogens is 2. The molecule has 206 valence electrons. The lowest BCUT2D eigenvalue weighted by atomic mass is 10.2. The molecule has 2 heterocycles. The van der Waals surface area contributed by atoms with Gasteiger partial charge in [0.05, 0.1) is 32.9 Å². The smallest absolute Gasteiger partial charge is 0.278 e. The lowest BCUT2D eigenvalue weighted by molar-refractivity contribution is -0.136. The van der Waals surface area contributed by atoms with Crippen LogP contribution in [0, 0.1) is 0 Å². The van der Waals surface area contributed by atoms with Gasteiger partial charge in [0.1, 0.15) is 0 Å². The lowest BCUT2D eigenvalue weighted by Crippen LogP contribution is -2.33. The average molecular weight is 577 g/mol. The van der Waals surface area contributed by atoms with Crippen molar-refractivity contribution >= 4 is 42.6 Å². The number of pyridine rings is 1. The van der Waals surface area contributed by atoms with E-state index in [4.69, 9.17) is 0 Å². The molecular formula is C27H27F3N4O3S2. The number of nitrogens with zero attached hydrogens (tertiary/aromatic N) is 4. The largest absolute Gasteiger partial charge is 0.418 e. The molecule has 0 aliphatic rings. The zero-order chi connectivity index (χ0) is 28.2. The summed E-state index contributed by atoms with van der Waals surface area (Å²) in [5.74, 6) is -0.545. The van der Waals surface area contributed by atoms with Crippen LogP contribution in [0.5, 0.6) is 0 Å². The number of thiazole rings is 1. The third-order valence-electron chi connectivity index (χ3n) is 5.92. The summed E-state index contributed by atoms with van der Waals surface area (Å²) in [7, 11) is -3.74. The quantitative estimate of drug-likeness (QED) is 0.219. The Morgan fingerprint density at radius 3 is 2.23 bits per heavy atom. The summed E-state index contributed by atoms with van der Waals surface area (Å²) in [6, 6.07) is 14.5. The first-order valence-corrected chi connectivity index (χ1v) is 14.6. The van der Waals surface area contributed by atoms with Crippen LogP contribution >= 0.6 is 11.3 Å². The van der Waals surface area contributed by atoms with Gasteiger partial charge in [-0.15, -0.1) is 0 Å². The standard InChI is InChI=1S/C27H27F3N4O3S2/c1-3-16-33(17-4-2)39(36,37)21-13-11-19(12-14-21)25(35)34(18-20-8-5-6-15-31-20)26-32-24-22(27(28,29)30)9-7-10-23(24)38-26/h5-15H,3-4,16-18H2,1-2H3. The molecule has 0 radical (unpaired) electrons. The fourth-order valence-electron chi connectivity index (χ4n) is 4.09. The number of hydrogen-bond donors (Lipinski definition) is 0. The lowest BCUT2D eigenvalue weighted by Gasteiger charge is -2.22. The number of hydrogen-bond acceptors (Lipinski definition) is 6. The molecule has 1 amide bonds. The van der Waals surface area contributed by atoms with E-state index in [1.165, 1.54) is 45.6 Å². The van der Waals surface area contributed by atoms with Gasteiger partial charge in [0.15, 0.2) is 5.13 Å². The van der Waals surface area contributed by atoms with Gasteiger partial charge in [-0.05, 0) is 61.4 Å². The predicted molar refractivity (Wildman–Crippen MR) is 145 cm³/mol. The minimum Gasteiger partial charge on any atom is -0.278 e. The summed E-state index contributed by atoms with van der Waals surface area (Å²) in [4.78, 5) is 23.5.